The highest BCUT2D eigenvalue weighted by molar-refractivity contribution is 5.99. The molecule has 20 heavy (non-hydrogen) atoms. The smallest absolute Gasteiger partial charge is 0.132 e. The zero-order valence-corrected chi connectivity index (χ0v) is 10.8. The van der Waals surface area contributed by atoms with Gasteiger partial charge < -0.3 is 9.90 Å². The predicted molar refractivity (Wildman–Crippen MR) is 73.0 cm³/mol. The molecule has 102 valence electrons. The average Bonchev–Trinajstić information content (AvgIpc) is 2.45. The van der Waals surface area contributed by atoms with Crippen molar-refractivity contribution in [2.45, 2.75) is 6.92 Å². The van der Waals surface area contributed by atoms with Crippen LogP contribution in [0.2, 0.25) is 0 Å². The molecular weight excluding hydrogens is 259 g/mol. The zero-order chi connectivity index (χ0) is 14.5. The number of halogens is 1. The van der Waals surface area contributed by atoms with Crippen molar-refractivity contribution in [2.24, 2.45) is 5.10 Å². The van der Waals surface area contributed by atoms with Crippen molar-refractivity contribution in [2.75, 3.05) is 5.43 Å². The molecule has 0 bridgehead atoms. The van der Waals surface area contributed by atoms with Gasteiger partial charge in [-0.3, -0.25) is 5.43 Å². The first-order chi connectivity index (χ1) is 9.58. The molecule has 0 saturated heterocycles. The van der Waals surface area contributed by atoms with E-state index in [1.165, 1.54) is 18.2 Å². The summed E-state index contributed by atoms with van der Waals surface area (Å²) < 4.78 is 13.5. The van der Waals surface area contributed by atoms with Crippen LogP contribution in [0.15, 0.2) is 53.6 Å². The van der Waals surface area contributed by atoms with Gasteiger partial charge in [-0.2, -0.15) is 5.10 Å². The summed E-state index contributed by atoms with van der Waals surface area (Å²) in [5.41, 5.74) is 4.34. The standard InChI is InChI=1S/C15H13FN2O2/c1-10(13-4-2-3-5-14(13)16)17-18-12-8-6-11(7-9-12)15(19)20/h2-9,18H,1H3,(H,19,20)/p-1/b17-10-. The largest absolute Gasteiger partial charge is 0.545 e. The van der Waals surface area contributed by atoms with Crippen molar-refractivity contribution >= 4 is 17.4 Å². The molecule has 0 unspecified atom stereocenters. The van der Waals surface area contributed by atoms with E-state index in [0.29, 0.717) is 17.0 Å². The van der Waals surface area contributed by atoms with Gasteiger partial charge in [0.15, 0.2) is 0 Å². The molecule has 4 nitrogen and oxygen atoms in total. The second-order valence-electron chi connectivity index (χ2n) is 4.15. The van der Waals surface area contributed by atoms with Gasteiger partial charge in [0, 0.05) is 5.56 Å². The summed E-state index contributed by atoms with van der Waals surface area (Å²) in [7, 11) is 0. The van der Waals surface area contributed by atoms with Gasteiger partial charge in [0.25, 0.3) is 0 Å². The molecule has 0 saturated carbocycles. The van der Waals surface area contributed by atoms with Crippen LogP contribution in [0, 0.1) is 5.82 Å². The molecule has 2 rings (SSSR count). The Balaban J connectivity index is 2.13. The van der Waals surface area contributed by atoms with Gasteiger partial charge in [-0.15, -0.1) is 0 Å². The van der Waals surface area contributed by atoms with Crippen LogP contribution < -0.4 is 10.5 Å². The zero-order valence-electron chi connectivity index (χ0n) is 10.8. The summed E-state index contributed by atoms with van der Waals surface area (Å²) in [5, 5.41) is 14.7. The highest BCUT2D eigenvalue weighted by Crippen LogP contribution is 2.11. The van der Waals surface area contributed by atoms with Gasteiger partial charge >= 0.3 is 0 Å². The number of hydrogen-bond acceptors (Lipinski definition) is 4. The van der Waals surface area contributed by atoms with Crippen LogP contribution in [0.3, 0.4) is 0 Å². The Kier molecular flexibility index (Phi) is 4.10. The molecule has 0 fully saturated rings. The van der Waals surface area contributed by atoms with Crippen LogP contribution in [-0.4, -0.2) is 11.7 Å². The average molecular weight is 271 g/mol. The minimum atomic E-state index is -1.23. The lowest BCUT2D eigenvalue weighted by Gasteiger charge is -2.06. The Morgan fingerprint density at radius 3 is 2.40 bits per heavy atom. The van der Waals surface area contributed by atoms with Gasteiger partial charge in [-0.1, -0.05) is 30.3 Å². The topological polar surface area (TPSA) is 64.5 Å². The van der Waals surface area contributed by atoms with Crippen molar-refractivity contribution < 1.29 is 14.3 Å². The van der Waals surface area contributed by atoms with Crippen molar-refractivity contribution in [3.8, 4) is 0 Å². The SMILES string of the molecule is C/C(=N/Nc1ccc(C(=O)[O-])cc1)c1ccccc1F. The van der Waals surface area contributed by atoms with Crippen LogP contribution >= 0.6 is 0 Å². The van der Waals surface area contributed by atoms with Gasteiger partial charge in [0.05, 0.1) is 17.4 Å². The third-order valence-corrected chi connectivity index (χ3v) is 2.74. The summed E-state index contributed by atoms with van der Waals surface area (Å²) in [6.45, 7) is 1.68. The Morgan fingerprint density at radius 1 is 1.15 bits per heavy atom. The molecule has 0 aliphatic rings. The van der Waals surface area contributed by atoms with Crippen LogP contribution in [0.1, 0.15) is 22.8 Å². The van der Waals surface area contributed by atoms with Crippen LogP contribution in [0.25, 0.3) is 0 Å². The first-order valence-corrected chi connectivity index (χ1v) is 5.94. The number of carboxylic acids is 1. The number of hydrogen-bond donors (Lipinski definition) is 1. The number of rotatable bonds is 4. The lowest BCUT2D eigenvalue weighted by Crippen LogP contribution is -2.21. The van der Waals surface area contributed by atoms with Crippen LogP contribution in [-0.2, 0) is 0 Å². The molecule has 0 aromatic heterocycles. The number of nitrogens with one attached hydrogen (secondary N) is 1. The van der Waals surface area contributed by atoms with Gasteiger partial charge in [0.2, 0.25) is 0 Å². The number of hydrazone groups is 1. The number of benzene rings is 2. The van der Waals surface area contributed by atoms with Crippen LogP contribution in [0.5, 0.6) is 0 Å². The maximum absolute atomic E-state index is 13.5. The van der Waals surface area contributed by atoms with E-state index in [2.05, 4.69) is 10.5 Å². The van der Waals surface area contributed by atoms with Gasteiger partial charge in [0.1, 0.15) is 5.82 Å². The third kappa shape index (κ3) is 3.20. The molecule has 1 N–H and O–H groups in total. The summed E-state index contributed by atoms with van der Waals surface area (Å²) in [5.74, 6) is -1.58. The van der Waals surface area contributed by atoms with E-state index in [1.54, 1.807) is 37.3 Å². The molecule has 0 aliphatic carbocycles. The molecule has 2 aromatic carbocycles. The fourth-order valence-electron chi connectivity index (χ4n) is 1.64. The summed E-state index contributed by atoms with van der Waals surface area (Å²) in [6.07, 6.45) is 0. The van der Waals surface area contributed by atoms with Crippen molar-refractivity contribution in [1.82, 2.24) is 0 Å². The lowest BCUT2D eigenvalue weighted by atomic mass is 10.1. The minimum Gasteiger partial charge on any atom is -0.545 e. The maximum atomic E-state index is 13.5. The molecule has 0 radical (unpaired) electrons. The number of carboxylic acid groups (broad SMARTS) is 1. The molecule has 0 heterocycles. The van der Waals surface area contributed by atoms with Crippen molar-refractivity contribution in [3.05, 3.63) is 65.5 Å². The van der Waals surface area contributed by atoms with E-state index in [1.807, 2.05) is 0 Å². The van der Waals surface area contributed by atoms with E-state index in [9.17, 15) is 14.3 Å². The molecule has 0 amide bonds. The third-order valence-electron chi connectivity index (χ3n) is 2.74. The van der Waals surface area contributed by atoms with E-state index in [4.69, 9.17) is 0 Å². The number of nitrogens with zero attached hydrogens (tertiary/aromatic N) is 1. The Morgan fingerprint density at radius 2 is 1.80 bits per heavy atom. The molecule has 5 heteroatoms. The normalized spacial score (nSPS) is 11.2. The number of anilines is 1. The van der Waals surface area contributed by atoms with E-state index in [-0.39, 0.29) is 11.4 Å². The monoisotopic (exact) mass is 271 g/mol. The fourth-order valence-corrected chi connectivity index (χ4v) is 1.64. The predicted octanol–water partition coefficient (Wildman–Crippen LogP) is 2.03. The molecule has 0 spiro atoms. The second-order valence-corrected chi connectivity index (χ2v) is 4.15. The van der Waals surface area contributed by atoms with E-state index in [0.717, 1.165) is 0 Å². The Hall–Kier alpha value is -2.69. The Bertz CT molecular complexity index is 651. The van der Waals surface area contributed by atoms with Crippen molar-refractivity contribution in [1.29, 1.82) is 0 Å². The quantitative estimate of drug-likeness (QED) is 0.683. The fraction of sp³-hybridized carbons (Fsp3) is 0.0667. The highest BCUT2D eigenvalue weighted by atomic mass is 19.1. The van der Waals surface area contributed by atoms with E-state index >= 15 is 0 Å². The summed E-state index contributed by atoms with van der Waals surface area (Å²) in [4.78, 5) is 10.6. The van der Waals surface area contributed by atoms with Crippen LogP contribution in [0.4, 0.5) is 10.1 Å². The second kappa shape index (κ2) is 5.97. The maximum Gasteiger partial charge on any atom is 0.132 e. The molecule has 0 aliphatic heterocycles. The van der Waals surface area contributed by atoms with Gasteiger partial charge in [-0.05, 0) is 30.7 Å². The first kappa shape index (κ1) is 13.7. The first-order valence-electron chi connectivity index (χ1n) is 5.94. The highest BCUT2D eigenvalue weighted by Gasteiger charge is 2.03. The summed E-state index contributed by atoms with van der Waals surface area (Å²) in [6, 6.07) is 12.3. The molecule has 0 atom stereocenters. The molecular formula is C15H12FN2O2-. The van der Waals surface area contributed by atoms with Crippen molar-refractivity contribution in [3.63, 3.8) is 0 Å². The Labute approximate surface area is 115 Å². The number of carbonyl (C=O) groups is 1. The molecule has 2 aromatic rings. The van der Waals surface area contributed by atoms with E-state index < -0.39 is 5.97 Å². The lowest BCUT2D eigenvalue weighted by molar-refractivity contribution is -0.255. The number of aromatic carboxylic acids is 1. The minimum absolute atomic E-state index is 0.0883. The van der Waals surface area contributed by atoms with Gasteiger partial charge in [-0.25, -0.2) is 4.39 Å². The number of carbonyl (C=O) groups excluding carboxylic acids is 1. The summed E-state index contributed by atoms with van der Waals surface area (Å²) >= 11 is 0.